The van der Waals surface area contributed by atoms with E-state index in [2.05, 4.69) is 20.9 Å². The lowest BCUT2D eigenvalue weighted by Gasteiger charge is -2.26. The van der Waals surface area contributed by atoms with Crippen LogP contribution in [0.2, 0.25) is 0 Å². The Morgan fingerprint density at radius 1 is 1.23 bits per heavy atom. The fraction of sp³-hybridized carbons (Fsp3) is 0.211. The highest BCUT2D eigenvalue weighted by Gasteiger charge is 2.15. The van der Waals surface area contributed by atoms with Crippen LogP contribution < -0.4 is 10.5 Å². The summed E-state index contributed by atoms with van der Waals surface area (Å²) in [4.78, 5) is 21.3. The first kappa shape index (κ1) is 16.1. The van der Waals surface area contributed by atoms with Crippen LogP contribution in [0.3, 0.4) is 0 Å². The molecular formula is C19H16N4O3. The second-order valence-electron chi connectivity index (χ2n) is 5.88. The Bertz CT molecular complexity index is 1070. The van der Waals surface area contributed by atoms with E-state index in [4.69, 9.17) is 9.15 Å². The zero-order valence-corrected chi connectivity index (χ0v) is 13.9. The van der Waals surface area contributed by atoms with Crippen molar-refractivity contribution in [3.63, 3.8) is 0 Å². The van der Waals surface area contributed by atoms with Crippen LogP contribution in [-0.4, -0.2) is 36.3 Å². The van der Waals surface area contributed by atoms with E-state index in [-0.39, 0.29) is 17.0 Å². The fourth-order valence-corrected chi connectivity index (χ4v) is 2.88. The summed E-state index contributed by atoms with van der Waals surface area (Å²) < 4.78 is 11.2. The molecule has 1 N–H and O–H groups in total. The van der Waals surface area contributed by atoms with E-state index in [0.29, 0.717) is 29.9 Å². The highest BCUT2D eigenvalue weighted by atomic mass is 16.5. The molecule has 0 spiro atoms. The summed E-state index contributed by atoms with van der Waals surface area (Å²) in [6.45, 7) is 2.86. The summed E-state index contributed by atoms with van der Waals surface area (Å²) in [6, 6.07) is 12.8. The van der Waals surface area contributed by atoms with E-state index in [9.17, 15) is 10.1 Å². The second-order valence-corrected chi connectivity index (χ2v) is 5.88. The zero-order chi connectivity index (χ0) is 17.9. The van der Waals surface area contributed by atoms with Gasteiger partial charge in [0.15, 0.2) is 11.7 Å². The molecule has 0 saturated carbocycles. The lowest BCUT2D eigenvalue weighted by molar-refractivity contribution is 0.120. The molecule has 1 aliphatic rings. The Hall–Kier alpha value is -3.37. The molecule has 1 fully saturated rings. The van der Waals surface area contributed by atoms with Gasteiger partial charge in [-0.05, 0) is 18.2 Å². The third-order valence-electron chi connectivity index (χ3n) is 4.21. The molecule has 0 unspecified atom stereocenters. The average Bonchev–Trinajstić information content (AvgIpc) is 3.15. The molecule has 130 valence electrons. The minimum atomic E-state index is -0.278. The quantitative estimate of drug-likeness (QED) is 0.731. The second kappa shape index (κ2) is 6.86. The summed E-state index contributed by atoms with van der Waals surface area (Å²) in [5, 5.41) is 10.00. The molecule has 2 aromatic heterocycles. The van der Waals surface area contributed by atoms with Crippen molar-refractivity contribution in [1.29, 1.82) is 5.26 Å². The van der Waals surface area contributed by atoms with Crippen LogP contribution in [0.5, 0.6) is 0 Å². The van der Waals surface area contributed by atoms with Gasteiger partial charge in [0.25, 0.3) is 5.56 Å². The van der Waals surface area contributed by atoms with E-state index in [1.54, 1.807) is 36.4 Å². The Morgan fingerprint density at radius 2 is 2.04 bits per heavy atom. The van der Waals surface area contributed by atoms with Crippen LogP contribution in [0.25, 0.3) is 22.6 Å². The standard InChI is InChI=1S/C19H16N4O3/c20-12-13(18-21-16-4-2-1-3-15(16)19(24)22-18)11-14-5-6-17(26-14)23-7-9-25-10-8-23/h1-6,11H,7-10H2,(H,21,22,24). The number of hydrogen-bond acceptors (Lipinski definition) is 6. The number of nitriles is 1. The third-order valence-corrected chi connectivity index (χ3v) is 4.21. The number of nitrogens with zero attached hydrogens (tertiary/aromatic N) is 3. The van der Waals surface area contributed by atoms with Gasteiger partial charge in [0.2, 0.25) is 0 Å². The molecule has 0 bridgehead atoms. The summed E-state index contributed by atoms with van der Waals surface area (Å²) >= 11 is 0. The molecule has 1 saturated heterocycles. The van der Waals surface area contributed by atoms with Crippen molar-refractivity contribution in [2.75, 3.05) is 31.2 Å². The van der Waals surface area contributed by atoms with E-state index >= 15 is 0 Å². The zero-order valence-electron chi connectivity index (χ0n) is 13.9. The molecule has 0 aliphatic carbocycles. The predicted molar refractivity (Wildman–Crippen MR) is 97.6 cm³/mol. The molecule has 1 aliphatic heterocycles. The molecular weight excluding hydrogens is 332 g/mol. The van der Waals surface area contributed by atoms with Crippen molar-refractivity contribution >= 4 is 28.4 Å². The molecule has 0 amide bonds. The van der Waals surface area contributed by atoms with Gasteiger partial charge in [-0.2, -0.15) is 5.26 Å². The smallest absolute Gasteiger partial charge is 0.259 e. The van der Waals surface area contributed by atoms with Gasteiger partial charge in [-0.1, -0.05) is 12.1 Å². The number of benzene rings is 1. The number of H-pyrrole nitrogens is 1. The Kier molecular flexibility index (Phi) is 4.25. The van der Waals surface area contributed by atoms with Crippen molar-refractivity contribution < 1.29 is 9.15 Å². The summed E-state index contributed by atoms with van der Waals surface area (Å²) in [7, 11) is 0. The number of para-hydroxylation sites is 1. The minimum absolute atomic E-state index is 0.223. The molecule has 7 heteroatoms. The highest BCUT2D eigenvalue weighted by Crippen LogP contribution is 2.23. The van der Waals surface area contributed by atoms with Gasteiger partial charge >= 0.3 is 0 Å². The number of anilines is 1. The number of furan rings is 1. The van der Waals surface area contributed by atoms with Gasteiger partial charge in [-0.3, -0.25) is 4.79 Å². The molecule has 0 atom stereocenters. The average molecular weight is 348 g/mol. The Morgan fingerprint density at radius 3 is 2.85 bits per heavy atom. The van der Waals surface area contributed by atoms with Crippen LogP contribution in [0.1, 0.15) is 11.6 Å². The number of rotatable bonds is 3. The Balaban J connectivity index is 1.68. The number of aromatic amines is 1. The third kappa shape index (κ3) is 3.10. The Labute approximate surface area is 149 Å². The van der Waals surface area contributed by atoms with Crippen molar-refractivity contribution in [3.8, 4) is 6.07 Å². The fourth-order valence-electron chi connectivity index (χ4n) is 2.88. The molecule has 4 rings (SSSR count). The molecule has 26 heavy (non-hydrogen) atoms. The van der Waals surface area contributed by atoms with Gasteiger partial charge in [0.1, 0.15) is 11.8 Å². The van der Waals surface area contributed by atoms with Gasteiger partial charge < -0.3 is 19.0 Å². The van der Waals surface area contributed by atoms with E-state index in [0.717, 1.165) is 19.0 Å². The van der Waals surface area contributed by atoms with Gasteiger partial charge in [0.05, 0.1) is 29.7 Å². The van der Waals surface area contributed by atoms with Gasteiger partial charge in [-0.25, -0.2) is 4.98 Å². The SMILES string of the molecule is N#CC(=Cc1ccc(N2CCOCC2)o1)c1nc2ccccc2c(=O)[nH]1. The largest absolute Gasteiger partial charge is 0.441 e. The number of hydrogen-bond donors (Lipinski definition) is 1. The number of allylic oxidation sites excluding steroid dienone is 1. The first-order valence-corrected chi connectivity index (χ1v) is 8.28. The molecule has 0 radical (unpaired) electrons. The summed E-state index contributed by atoms with van der Waals surface area (Å²) in [5.74, 6) is 1.48. The predicted octanol–water partition coefficient (Wildman–Crippen LogP) is 2.42. The van der Waals surface area contributed by atoms with Crippen molar-refractivity contribution in [3.05, 3.63) is 58.3 Å². The number of aromatic nitrogens is 2. The maximum absolute atomic E-state index is 12.2. The first-order valence-electron chi connectivity index (χ1n) is 8.28. The highest BCUT2D eigenvalue weighted by molar-refractivity contribution is 5.88. The van der Waals surface area contributed by atoms with Crippen LogP contribution in [-0.2, 0) is 4.74 Å². The van der Waals surface area contributed by atoms with Crippen molar-refractivity contribution in [2.45, 2.75) is 0 Å². The number of fused-ring (bicyclic) bond motifs is 1. The minimum Gasteiger partial charge on any atom is -0.441 e. The molecule has 1 aromatic carbocycles. The van der Waals surface area contributed by atoms with Gasteiger partial charge in [0, 0.05) is 25.2 Å². The van der Waals surface area contributed by atoms with Crippen molar-refractivity contribution in [2.24, 2.45) is 0 Å². The maximum atomic E-state index is 12.2. The van der Waals surface area contributed by atoms with Crippen LogP contribution >= 0.6 is 0 Å². The molecule has 3 heterocycles. The number of morpholine rings is 1. The first-order chi connectivity index (χ1) is 12.7. The summed E-state index contributed by atoms with van der Waals surface area (Å²) in [6.07, 6.45) is 1.58. The maximum Gasteiger partial charge on any atom is 0.259 e. The van der Waals surface area contributed by atoms with Crippen LogP contribution in [0.15, 0.2) is 45.6 Å². The van der Waals surface area contributed by atoms with Crippen molar-refractivity contribution in [1.82, 2.24) is 9.97 Å². The molecule has 7 nitrogen and oxygen atoms in total. The monoisotopic (exact) mass is 348 g/mol. The topological polar surface area (TPSA) is 95.2 Å². The lowest BCUT2D eigenvalue weighted by Crippen LogP contribution is -2.35. The lowest BCUT2D eigenvalue weighted by atomic mass is 10.2. The number of ether oxygens (including phenoxy) is 1. The van der Waals surface area contributed by atoms with Crippen LogP contribution in [0, 0.1) is 11.3 Å². The molecule has 3 aromatic rings. The van der Waals surface area contributed by atoms with E-state index in [1.165, 1.54) is 0 Å². The van der Waals surface area contributed by atoms with Gasteiger partial charge in [-0.15, -0.1) is 0 Å². The summed E-state index contributed by atoms with van der Waals surface area (Å²) in [5.41, 5.74) is 0.497. The van der Waals surface area contributed by atoms with E-state index < -0.39 is 0 Å². The van der Waals surface area contributed by atoms with E-state index in [1.807, 2.05) is 6.07 Å². The normalized spacial score (nSPS) is 15.2. The van der Waals surface area contributed by atoms with Crippen LogP contribution in [0.4, 0.5) is 5.88 Å². The number of nitrogens with one attached hydrogen (secondary N) is 1.